The second-order valence-corrected chi connectivity index (χ2v) is 7.07. The van der Waals surface area contributed by atoms with Gasteiger partial charge in [-0.3, -0.25) is 0 Å². The Balaban J connectivity index is 1.46. The molecule has 5 heteroatoms. The Morgan fingerprint density at radius 3 is 2.76 bits per heavy atom. The zero-order chi connectivity index (χ0) is 14.7. The summed E-state index contributed by atoms with van der Waals surface area (Å²) >= 11 is 7.64. The molecule has 2 N–H and O–H groups in total. The van der Waals surface area contributed by atoms with Gasteiger partial charge in [0.15, 0.2) is 0 Å². The Morgan fingerprint density at radius 2 is 2.10 bits per heavy atom. The topological polar surface area (TPSA) is 45.1 Å². The van der Waals surface area contributed by atoms with Gasteiger partial charge >= 0.3 is 0 Å². The van der Waals surface area contributed by atoms with E-state index in [1.165, 1.54) is 29.1 Å². The molecule has 0 amide bonds. The van der Waals surface area contributed by atoms with Crippen molar-refractivity contribution < 1.29 is 5.11 Å². The van der Waals surface area contributed by atoms with Crippen molar-refractivity contribution in [1.82, 2.24) is 10.3 Å². The highest BCUT2D eigenvalue weighted by Gasteiger charge is 2.22. The summed E-state index contributed by atoms with van der Waals surface area (Å²) in [7, 11) is 0. The molecule has 1 aromatic heterocycles. The van der Waals surface area contributed by atoms with Gasteiger partial charge in [0.25, 0.3) is 0 Å². The van der Waals surface area contributed by atoms with Crippen molar-refractivity contribution in [1.29, 1.82) is 0 Å². The summed E-state index contributed by atoms with van der Waals surface area (Å²) in [5.41, 5.74) is 0.881. The molecule has 1 aliphatic carbocycles. The number of aliphatic hydroxyl groups excluding tert-OH is 1. The summed E-state index contributed by atoms with van der Waals surface area (Å²) < 4.78 is 0. The van der Waals surface area contributed by atoms with E-state index < -0.39 is 6.10 Å². The van der Waals surface area contributed by atoms with Gasteiger partial charge in [0.05, 0.1) is 11.1 Å². The second kappa shape index (κ2) is 6.88. The van der Waals surface area contributed by atoms with Gasteiger partial charge in [0.1, 0.15) is 0 Å². The first-order valence-corrected chi connectivity index (χ1v) is 8.50. The number of rotatable bonds is 6. The highest BCUT2D eigenvalue weighted by atomic mass is 35.5. The average molecular weight is 323 g/mol. The fraction of sp³-hybridized carbons (Fsp3) is 0.438. The van der Waals surface area contributed by atoms with E-state index in [2.05, 4.69) is 10.3 Å². The van der Waals surface area contributed by atoms with Crippen LogP contribution in [0.5, 0.6) is 0 Å². The lowest BCUT2D eigenvalue weighted by atomic mass is 9.86. The highest BCUT2D eigenvalue weighted by molar-refractivity contribution is 7.11. The van der Waals surface area contributed by atoms with E-state index in [0.29, 0.717) is 17.5 Å². The van der Waals surface area contributed by atoms with Gasteiger partial charge in [-0.05, 0) is 30.5 Å². The van der Waals surface area contributed by atoms with Crippen LogP contribution in [0.15, 0.2) is 30.5 Å². The smallest absolute Gasteiger partial charge is 0.0959 e. The summed E-state index contributed by atoms with van der Waals surface area (Å²) in [6.07, 6.45) is 5.36. The lowest BCUT2D eigenvalue weighted by molar-refractivity contribution is 0.174. The lowest BCUT2D eigenvalue weighted by Crippen LogP contribution is -2.20. The maximum Gasteiger partial charge on any atom is 0.0959 e. The number of aromatic nitrogens is 1. The molecule has 1 heterocycles. The summed E-state index contributed by atoms with van der Waals surface area (Å²) in [6.45, 7) is 1.29. The third kappa shape index (κ3) is 3.83. The van der Waals surface area contributed by atoms with Gasteiger partial charge in [0.2, 0.25) is 0 Å². The lowest BCUT2D eigenvalue weighted by Gasteiger charge is -2.22. The van der Waals surface area contributed by atoms with Crippen LogP contribution in [0.1, 0.15) is 46.7 Å². The molecule has 3 rings (SSSR count). The molecule has 112 valence electrons. The Kier molecular flexibility index (Phi) is 4.91. The third-order valence-electron chi connectivity index (χ3n) is 3.92. The predicted octanol–water partition coefficient (Wildman–Crippen LogP) is 3.89. The van der Waals surface area contributed by atoms with Crippen LogP contribution in [-0.4, -0.2) is 16.6 Å². The second-order valence-electron chi connectivity index (χ2n) is 5.49. The van der Waals surface area contributed by atoms with E-state index in [1.807, 2.05) is 18.3 Å². The number of hydrogen-bond acceptors (Lipinski definition) is 4. The fourth-order valence-electron chi connectivity index (χ4n) is 2.38. The van der Waals surface area contributed by atoms with Gasteiger partial charge in [-0.15, -0.1) is 11.3 Å². The molecule has 1 atom stereocenters. The number of hydrogen-bond donors (Lipinski definition) is 2. The minimum absolute atomic E-state index is 0.513. The number of aliphatic hydroxyl groups is 1. The average Bonchev–Trinajstić information content (AvgIpc) is 2.86. The van der Waals surface area contributed by atoms with Gasteiger partial charge < -0.3 is 10.4 Å². The van der Waals surface area contributed by atoms with Gasteiger partial charge in [-0.25, -0.2) is 4.98 Å². The van der Waals surface area contributed by atoms with Crippen LogP contribution in [0.25, 0.3) is 0 Å². The third-order valence-corrected chi connectivity index (χ3v) is 5.33. The molecule has 1 unspecified atom stereocenters. The Bertz CT molecular complexity index is 580. The van der Waals surface area contributed by atoms with E-state index in [1.54, 1.807) is 23.5 Å². The van der Waals surface area contributed by atoms with Crippen LogP contribution in [0, 0.1) is 0 Å². The molecule has 0 radical (unpaired) electrons. The number of thiazole rings is 1. The van der Waals surface area contributed by atoms with Crippen molar-refractivity contribution in [2.75, 3.05) is 6.54 Å². The molecule has 1 aromatic carbocycles. The molecule has 0 bridgehead atoms. The van der Waals surface area contributed by atoms with Crippen molar-refractivity contribution in [3.8, 4) is 0 Å². The number of nitrogens with zero attached hydrogens (tertiary/aromatic N) is 1. The first-order chi connectivity index (χ1) is 10.2. The van der Waals surface area contributed by atoms with Crippen molar-refractivity contribution in [2.24, 2.45) is 0 Å². The standard InChI is InChI=1S/C16H19ClN2OS/c17-13-6-4-11(5-7-13)15(20)10-18-8-14-9-19-16(21-14)12-2-1-3-12/h4-7,9,12,15,18,20H,1-3,8,10H2. The first-order valence-electron chi connectivity index (χ1n) is 7.31. The summed E-state index contributed by atoms with van der Waals surface area (Å²) in [5.74, 6) is 0.698. The van der Waals surface area contributed by atoms with E-state index in [4.69, 9.17) is 11.6 Å². The summed E-state index contributed by atoms with van der Waals surface area (Å²) in [5, 5.41) is 15.4. The van der Waals surface area contributed by atoms with Crippen molar-refractivity contribution in [3.63, 3.8) is 0 Å². The van der Waals surface area contributed by atoms with E-state index in [-0.39, 0.29) is 0 Å². The van der Waals surface area contributed by atoms with Crippen LogP contribution in [-0.2, 0) is 6.54 Å². The largest absolute Gasteiger partial charge is 0.387 e. The normalized spacial score (nSPS) is 16.7. The number of halogens is 1. The van der Waals surface area contributed by atoms with Crippen LogP contribution < -0.4 is 5.32 Å². The van der Waals surface area contributed by atoms with Crippen molar-refractivity contribution >= 4 is 22.9 Å². The molecule has 21 heavy (non-hydrogen) atoms. The maximum atomic E-state index is 10.1. The Labute approximate surface area is 134 Å². The Morgan fingerprint density at radius 1 is 1.33 bits per heavy atom. The van der Waals surface area contributed by atoms with Crippen LogP contribution in [0.4, 0.5) is 0 Å². The van der Waals surface area contributed by atoms with Gasteiger partial charge in [-0.1, -0.05) is 30.2 Å². The highest BCUT2D eigenvalue weighted by Crippen LogP contribution is 2.38. The SMILES string of the molecule is OC(CNCc1cnc(C2CCC2)s1)c1ccc(Cl)cc1. The molecule has 0 aliphatic heterocycles. The molecular formula is C16H19ClN2OS. The zero-order valence-electron chi connectivity index (χ0n) is 11.8. The van der Waals surface area contributed by atoms with Crippen LogP contribution in [0.2, 0.25) is 5.02 Å². The molecule has 0 spiro atoms. The van der Waals surface area contributed by atoms with Crippen LogP contribution >= 0.6 is 22.9 Å². The zero-order valence-corrected chi connectivity index (χ0v) is 13.3. The maximum absolute atomic E-state index is 10.1. The van der Waals surface area contributed by atoms with E-state index in [9.17, 15) is 5.11 Å². The minimum Gasteiger partial charge on any atom is -0.387 e. The van der Waals surface area contributed by atoms with Crippen LogP contribution in [0.3, 0.4) is 0 Å². The molecule has 1 fully saturated rings. The molecule has 1 saturated carbocycles. The number of benzene rings is 1. The molecule has 2 aromatic rings. The summed E-state index contributed by atoms with van der Waals surface area (Å²) in [4.78, 5) is 5.74. The number of nitrogens with one attached hydrogen (secondary N) is 1. The molecular weight excluding hydrogens is 304 g/mol. The molecule has 0 saturated heterocycles. The monoisotopic (exact) mass is 322 g/mol. The molecule has 3 nitrogen and oxygen atoms in total. The Hall–Kier alpha value is -0.940. The van der Waals surface area contributed by atoms with Gasteiger partial charge in [0, 0.05) is 35.1 Å². The predicted molar refractivity (Wildman–Crippen MR) is 86.8 cm³/mol. The molecule has 1 aliphatic rings. The van der Waals surface area contributed by atoms with Crippen molar-refractivity contribution in [3.05, 3.63) is 50.9 Å². The fourth-order valence-corrected chi connectivity index (χ4v) is 3.57. The van der Waals surface area contributed by atoms with Crippen molar-refractivity contribution in [2.45, 2.75) is 37.8 Å². The quantitative estimate of drug-likeness (QED) is 0.848. The first kappa shape index (κ1) is 15.0. The minimum atomic E-state index is -0.513. The summed E-state index contributed by atoms with van der Waals surface area (Å²) in [6, 6.07) is 7.31. The van der Waals surface area contributed by atoms with Gasteiger partial charge in [-0.2, -0.15) is 0 Å². The van der Waals surface area contributed by atoms with E-state index in [0.717, 1.165) is 12.1 Å². The van der Waals surface area contributed by atoms with E-state index >= 15 is 0 Å².